The monoisotopic (exact) mass is 381 g/mol. The maximum atomic E-state index is 12.0. The molecule has 0 unspecified atom stereocenters. The average Bonchev–Trinajstić information content (AvgIpc) is 2.60. The molecule has 0 bridgehead atoms. The van der Waals surface area contributed by atoms with Crippen molar-refractivity contribution in [3.05, 3.63) is 40.8 Å². The van der Waals surface area contributed by atoms with Gasteiger partial charge in [-0.2, -0.15) is 0 Å². The lowest BCUT2D eigenvalue weighted by atomic mass is 10.2. The van der Waals surface area contributed by atoms with Crippen LogP contribution >= 0.6 is 0 Å². The Labute approximate surface area is 155 Å². The van der Waals surface area contributed by atoms with E-state index in [4.69, 9.17) is 0 Å². The normalized spacial score (nSPS) is 11.5. The fourth-order valence-electron chi connectivity index (χ4n) is 2.16. The number of carbonyl (C=O) groups excluding carboxylic acids is 2. The summed E-state index contributed by atoms with van der Waals surface area (Å²) in [6.45, 7) is 6.31. The van der Waals surface area contributed by atoms with E-state index in [1.807, 2.05) is 32.9 Å². The van der Waals surface area contributed by atoms with Gasteiger partial charge in [-0.15, -0.1) is 0 Å². The van der Waals surface area contributed by atoms with Crippen LogP contribution < -0.4 is 4.72 Å². The molecule has 8 heteroatoms. The number of carbonyl (C=O) groups is 2. The van der Waals surface area contributed by atoms with Gasteiger partial charge in [-0.1, -0.05) is 29.8 Å². The zero-order valence-corrected chi connectivity index (χ0v) is 16.5. The summed E-state index contributed by atoms with van der Waals surface area (Å²) in [6, 6.07) is 7.37. The summed E-state index contributed by atoms with van der Waals surface area (Å²) >= 11 is 0. The standard InChI is InChI=1S/C18H27N3O4S/c1-5-21(6-2)18(23)14-20(4)17(22)13-19-26(24,25)12-11-16-9-7-15(3)8-10-16/h7-12,19H,5-6,13-14H2,1-4H3/b12-11+. The highest BCUT2D eigenvalue weighted by Crippen LogP contribution is 2.06. The van der Waals surface area contributed by atoms with Crippen LogP contribution in [0.2, 0.25) is 0 Å². The Morgan fingerprint density at radius 1 is 1.08 bits per heavy atom. The summed E-state index contributed by atoms with van der Waals surface area (Å²) in [7, 11) is -2.27. The quantitative estimate of drug-likeness (QED) is 0.697. The molecule has 1 aromatic carbocycles. The van der Waals surface area contributed by atoms with Crippen LogP contribution in [0.1, 0.15) is 25.0 Å². The van der Waals surface area contributed by atoms with Crippen LogP contribution in [0.25, 0.3) is 6.08 Å². The zero-order valence-electron chi connectivity index (χ0n) is 15.7. The van der Waals surface area contributed by atoms with Crippen molar-refractivity contribution in [2.24, 2.45) is 0 Å². The average molecular weight is 381 g/mol. The van der Waals surface area contributed by atoms with E-state index in [1.165, 1.54) is 18.0 Å². The number of nitrogens with zero attached hydrogens (tertiary/aromatic N) is 2. The first kappa shape index (κ1) is 21.9. The van der Waals surface area contributed by atoms with Gasteiger partial charge in [-0.3, -0.25) is 9.59 Å². The minimum atomic E-state index is -3.75. The minimum absolute atomic E-state index is 0.0819. The fourth-order valence-corrected chi connectivity index (χ4v) is 2.92. The van der Waals surface area contributed by atoms with Gasteiger partial charge in [0.15, 0.2) is 0 Å². The largest absolute Gasteiger partial charge is 0.342 e. The summed E-state index contributed by atoms with van der Waals surface area (Å²) in [6.07, 6.45) is 1.46. The van der Waals surface area contributed by atoms with E-state index in [2.05, 4.69) is 4.72 Å². The van der Waals surface area contributed by atoms with Gasteiger partial charge in [-0.05, 0) is 32.4 Å². The van der Waals surface area contributed by atoms with Gasteiger partial charge in [0.1, 0.15) is 0 Å². The van der Waals surface area contributed by atoms with Crippen molar-refractivity contribution >= 4 is 27.9 Å². The summed E-state index contributed by atoms with van der Waals surface area (Å²) < 4.78 is 26.2. The van der Waals surface area contributed by atoms with Gasteiger partial charge < -0.3 is 9.80 Å². The molecule has 0 atom stereocenters. The molecule has 1 aromatic rings. The van der Waals surface area contributed by atoms with Crippen molar-refractivity contribution < 1.29 is 18.0 Å². The number of amides is 2. The van der Waals surface area contributed by atoms with Crippen molar-refractivity contribution in [1.29, 1.82) is 0 Å². The molecule has 1 rings (SSSR count). The molecule has 0 radical (unpaired) electrons. The molecule has 26 heavy (non-hydrogen) atoms. The van der Waals surface area contributed by atoms with Gasteiger partial charge in [-0.25, -0.2) is 13.1 Å². The number of likely N-dealkylation sites (N-methyl/N-ethyl adjacent to an activating group) is 2. The molecule has 7 nitrogen and oxygen atoms in total. The predicted octanol–water partition coefficient (Wildman–Crippen LogP) is 1.21. The number of rotatable bonds is 9. The lowest BCUT2D eigenvalue weighted by Crippen LogP contribution is -2.44. The first-order chi connectivity index (χ1) is 12.2. The molecule has 144 valence electrons. The highest BCUT2D eigenvalue weighted by molar-refractivity contribution is 7.92. The minimum Gasteiger partial charge on any atom is -0.342 e. The number of aryl methyl sites for hydroxylation is 1. The SMILES string of the molecule is CCN(CC)C(=O)CN(C)C(=O)CNS(=O)(=O)/C=C/c1ccc(C)cc1. The van der Waals surface area contributed by atoms with Gasteiger partial charge in [0.05, 0.1) is 13.1 Å². The number of hydrogen-bond acceptors (Lipinski definition) is 4. The summed E-state index contributed by atoms with van der Waals surface area (Å²) in [5, 5.41) is 1.02. The maximum absolute atomic E-state index is 12.0. The predicted molar refractivity (Wildman–Crippen MR) is 103 cm³/mol. The Bertz CT molecular complexity index is 738. The zero-order chi connectivity index (χ0) is 19.7. The molecule has 0 aliphatic rings. The molecule has 0 aliphatic heterocycles. The summed E-state index contributed by atoms with van der Waals surface area (Å²) in [5.74, 6) is -0.647. The number of nitrogens with one attached hydrogen (secondary N) is 1. The van der Waals surface area contributed by atoms with Crippen molar-refractivity contribution in [1.82, 2.24) is 14.5 Å². The topological polar surface area (TPSA) is 86.8 Å². The third-order valence-electron chi connectivity index (χ3n) is 3.86. The van der Waals surface area contributed by atoms with E-state index in [1.54, 1.807) is 17.0 Å². The Kier molecular flexibility index (Phi) is 8.47. The molecule has 0 aromatic heterocycles. The van der Waals surface area contributed by atoms with Crippen molar-refractivity contribution in [2.75, 3.05) is 33.2 Å². The number of benzene rings is 1. The third kappa shape index (κ3) is 7.37. The van der Waals surface area contributed by atoms with E-state index in [-0.39, 0.29) is 12.5 Å². The molecular weight excluding hydrogens is 354 g/mol. The Morgan fingerprint density at radius 2 is 1.65 bits per heavy atom. The fraction of sp³-hybridized carbons (Fsp3) is 0.444. The van der Waals surface area contributed by atoms with Crippen LogP contribution in [0.15, 0.2) is 29.7 Å². The molecule has 0 heterocycles. The van der Waals surface area contributed by atoms with Crippen LogP contribution in [0.3, 0.4) is 0 Å². The molecular formula is C18H27N3O4S. The van der Waals surface area contributed by atoms with Crippen molar-refractivity contribution in [3.8, 4) is 0 Å². The number of hydrogen-bond donors (Lipinski definition) is 1. The second-order valence-electron chi connectivity index (χ2n) is 5.90. The molecule has 2 amide bonds. The van der Waals surface area contributed by atoms with Crippen LogP contribution in [-0.4, -0.2) is 63.3 Å². The molecule has 0 fully saturated rings. The first-order valence-corrected chi connectivity index (χ1v) is 9.99. The third-order valence-corrected chi connectivity index (χ3v) is 4.90. The van der Waals surface area contributed by atoms with E-state index in [9.17, 15) is 18.0 Å². The Morgan fingerprint density at radius 3 is 2.19 bits per heavy atom. The van der Waals surface area contributed by atoms with Crippen LogP contribution in [0, 0.1) is 6.92 Å². The van der Waals surface area contributed by atoms with Crippen molar-refractivity contribution in [2.45, 2.75) is 20.8 Å². The van der Waals surface area contributed by atoms with Gasteiger partial charge in [0, 0.05) is 25.5 Å². The molecule has 1 N–H and O–H groups in total. The first-order valence-electron chi connectivity index (χ1n) is 8.44. The second kappa shape index (κ2) is 10.1. The second-order valence-corrected chi connectivity index (χ2v) is 7.55. The van der Waals surface area contributed by atoms with E-state index < -0.39 is 22.5 Å². The van der Waals surface area contributed by atoms with Crippen molar-refractivity contribution in [3.63, 3.8) is 0 Å². The smallest absolute Gasteiger partial charge is 0.242 e. The molecule has 0 aliphatic carbocycles. The van der Waals surface area contributed by atoms with Gasteiger partial charge >= 0.3 is 0 Å². The van der Waals surface area contributed by atoms with E-state index >= 15 is 0 Å². The van der Waals surface area contributed by atoms with Crippen LogP contribution in [-0.2, 0) is 19.6 Å². The lowest BCUT2D eigenvalue weighted by Gasteiger charge is -2.23. The highest BCUT2D eigenvalue weighted by Gasteiger charge is 2.17. The Hall–Kier alpha value is -2.19. The molecule has 0 saturated carbocycles. The molecule has 0 saturated heterocycles. The number of sulfonamides is 1. The van der Waals surface area contributed by atoms with E-state index in [0.717, 1.165) is 16.5 Å². The lowest BCUT2D eigenvalue weighted by molar-refractivity contribution is -0.138. The summed E-state index contributed by atoms with van der Waals surface area (Å²) in [5.41, 5.74) is 1.82. The van der Waals surface area contributed by atoms with Gasteiger partial charge in [0.25, 0.3) is 0 Å². The van der Waals surface area contributed by atoms with Gasteiger partial charge in [0.2, 0.25) is 21.8 Å². The maximum Gasteiger partial charge on any atom is 0.242 e. The van der Waals surface area contributed by atoms with E-state index in [0.29, 0.717) is 13.1 Å². The Balaban J connectivity index is 2.56. The molecule has 0 spiro atoms. The van der Waals surface area contributed by atoms with Crippen LogP contribution in [0.5, 0.6) is 0 Å². The summed E-state index contributed by atoms with van der Waals surface area (Å²) in [4.78, 5) is 26.9. The highest BCUT2D eigenvalue weighted by atomic mass is 32.2. The van der Waals surface area contributed by atoms with Crippen LogP contribution in [0.4, 0.5) is 0 Å².